The van der Waals surface area contributed by atoms with Crippen LogP contribution in [0.2, 0.25) is 0 Å². The van der Waals surface area contributed by atoms with Crippen LogP contribution in [0.4, 0.5) is 10.1 Å². The molecule has 2 aromatic carbocycles. The van der Waals surface area contributed by atoms with Crippen LogP contribution < -0.4 is 4.90 Å². The summed E-state index contributed by atoms with van der Waals surface area (Å²) in [6.45, 7) is 2.64. The average Bonchev–Trinajstić information content (AvgIpc) is 3.08. The predicted octanol–water partition coefficient (Wildman–Crippen LogP) is 4.08. The molecule has 1 atom stereocenters. The summed E-state index contributed by atoms with van der Waals surface area (Å²) in [5, 5.41) is 8.82. The van der Waals surface area contributed by atoms with Crippen molar-refractivity contribution in [3.63, 3.8) is 0 Å². The summed E-state index contributed by atoms with van der Waals surface area (Å²) in [7, 11) is 1.86. The van der Waals surface area contributed by atoms with Gasteiger partial charge >= 0.3 is 0 Å². The molecule has 2 heterocycles. The number of hydrogen-bond acceptors (Lipinski definition) is 4. The van der Waals surface area contributed by atoms with Crippen molar-refractivity contribution in [2.45, 2.75) is 30.2 Å². The van der Waals surface area contributed by atoms with Gasteiger partial charge in [-0.2, -0.15) is 0 Å². The van der Waals surface area contributed by atoms with Gasteiger partial charge in [0, 0.05) is 24.8 Å². The Labute approximate surface area is 167 Å². The molecule has 144 valence electrons. The van der Waals surface area contributed by atoms with Crippen molar-refractivity contribution < 1.29 is 9.18 Å². The third-order valence-corrected chi connectivity index (χ3v) is 6.07. The smallest absolute Gasteiger partial charge is 0.240 e. The lowest BCUT2D eigenvalue weighted by atomic mass is 10.0. The fraction of sp³-hybridized carbons (Fsp3) is 0.286. The molecule has 7 heteroatoms. The Morgan fingerprint density at radius 3 is 2.68 bits per heavy atom. The summed E-state index contributed by atoms with van der Waals surface area (Å²) in [5.41, 5.74) is 3.01. The Morgan fingerprint density at radius 1 is 1.14 bits per heavy atom. The van der Waals surface area contributed by atoms with Gasteiger partial charge in [-0.15, -0.1) is 10.2 Å². The third-order valence-electron chi connectivity index (χ3n) is 4.94. The van der Waals surface area contributed by atoms with Gasteiger partial charge < -0.3 is 9.47 Å². The zero-order chi connectivity index (χ0) is 19.7. The maximum absolute atomic E-state index is 13.2. The Bertz CT molecular complexity index is 1000. The highest BCUT2D eigenvalue weighted by molar-refractivity contribution is 8.00. The molecule has 0 fully saturated rings. The minimum atomic E-state index is -0.296. The first-order valence-electron chi connectivity index (χ1n) is 9.26. The topological polar surface area (TPSA) is 51.0 Å². The van der Waals surface area contributed by atoms with Crippen LogP contribution in [0, 0.1) is 5.82 Å². The molecule has 5 nitrogen and oxygen atoms in total. The zero-order valence-corrected chi connectivity index (χ0v) is 16.6. The SMILES string of the molecule is CC(Sc1nnc(-c2ccc(F)cc2)n1C)C(=O)N1CCCc2ccccc21. The Kier molecular flexibility index (Phi) is 5.17. The van der Waals surface area contributed by atoms with E-state index >= 15 is 0 Å². The monoisotopic (exact) mass is 396 g/mol. The number of nitrogens with zero attached hydrogens (tertiary/aromatic N) is 4. The van der Waals surface area contributed by atoms with E-state index in [0.717, 1.165) is 30.6 Å². The van der Waals surface area contributed by atoms with Gasteiger partial charge in [0.15, 0.2) is 11.0 Å². The molecule has 0 saturated heterocycles. The number of fused-ring (bicyclic) bond motifs is 1. The van der Waals surface area contributed by atoms with E-state index in [9.17, 15) is 9.18 Å². The highest BCUT2D eigenvalue weighted by atomic mass is 32.2. The van der Waals surface area contributed by atoms with Crippen LogP contribution in [0.15, 0.2) is 53.7 Å². The molecular formula is C21H21FN4OS. The summed E-state index contributed by atoms with van der Waals surface area (Å²) in [6.07, 6.45) is 1.98. The minimum Gasteiger partial charge on any atom is -0.311 e. The van der Waals surface area contributed by atoms with Gasteiger partial charge in [-0.3, -0.25) is 4.79 Å². The second kappa shape index (κ2) is 7.75. The molecule has 1 amide bonds. The van der Waals surface area contributed by atoms with Crippen molar-refractivity contribution >= 4 is 23.4 Å². The van der Waals surface area contributed by atoms with Crippen LogP contribution in [0.5, 0.6) is 0 Å². The molecule has 0 N–H and O–H groups in total. The first kappa shape index (κ1) is 18.7. The maximum atomic E-state index is 13.2. The molecule has 1 unspecified atom stereocenters. The number of para-hydroxylation sites is 1. The number of carbonyl (C=O) groups excluding carboxylic acids is 1. The van der Waals surface area contributed by atoms with E-state index in [1.165, 1.54) is 29.5 Å². The normalized spacial score (nSPS) is 14.6. The lowest BCUT2D eigenvalue weighted by molar-refractivity contribution is -0.117. The van der Waals surface area contributed by atoms with Gasteiger partial charge in [0.2, 0.25) is 5.91 Å². The lowest BCUT2D eigenvalue weighted by Gasteiger charge is -2.31. The van der Waals surface area contributed by atoms with Crippen molar-refractivity contribution in [1.82, 2.24) is 14.8 Å². The van der Waals surface area contributed by atoms with E-state index < -0.39 is 0 Å². The lowest BCUT2D eigenvalue weighted by Crippen LogP contribution is -2.40. The average molecular weight is 396 g/mol. The summed E-state index contributed by atoms with van der Waals surface area (Å²) in [6, 6.07) is 14.2. The summed E-state index contributed by atoms with van der Waals surface area (Å²) >= 11 is 1.39. The van der Waals surface area contributed by atoms with Crippen molar-refractivity contribution in [1.29, 1.82) is 0 Å². The van der Waals surface area contributed by atoms with Gasteiger partial charge in [0.25, 0.3) is 0 Å². The quantitative estimate of drug-likeness (QED) is 0.624. The first-order valence-corrected chi connectivity index (χ1v) is 10.1. The highest BCUT2D eigenvalue weighted by Gasteiger charge is 2.28. The molecule has 0 saturated carbocycles. The van der Waals surface area contributed by atoms with E-state index in [1.807, 2.05) is 41.6 Å². The molecule has 1 aromatic heterocycles. The van der Waals surface area contributed by atoms with Crippen LogP contribution in [-0.4, -0.2) is 32.5 Å². The van der Waals surface area contributed by atoms with Crippen molar-refractivity contribution in [3.8, 4) is 11.4 Å². The number of rotatable bonds is 4. The summed E-state index contributed by atoms with van der Waals surface area (Å²) in [5.74, 6) is 0.426. The molecule has 3 aromatic rings. The second-order valence-electron chi connectivity index (χ2n) is 6.85. The fourth-order valence-corrected chi connectivity index (χ4v) is 4.34. The number of aryl methyl sites for hydroxylation is 1. The van der Waals surface area contributed by atoms with Crippen LogP contribution >= 0.6 is 11.8 Å². The molecule has 28 heavy (non-hydrogen) atoms. The standard InChI is InChI=1S/C21H21FN4OS/c1-14(20(27)26-13-5-7-15-6-3-4-8-18(15)26)28-21-24-23-19(25(21)2)16-9-11-17(22)12-10-16/h3-4,6,8-12,14H,5,7,13H2,1-2H3. The Hall–Kier alpha value is -2.67. The van der Waals surface area contributed by atoms with Gasteiger partial charge in [-0.05, 0) is 55.7 Å². The van der Waals surface area contributed by atoms with E-state index in [2.05, 4.69) is 16.3 Å². The number of hydrogen-bond donors (Lipinski definition) is 0. The van der Waals surface area contributed by atoms with Crippen molar-refractivity contribution in [2.75, 3.05) is 11.4 Å². The first-order chi connectivity index (χ1) is 13.5. The van der Waals surface area contributed by atoms with Crippen LogP contribution in [0.25, 0.3) is 11.4 Å². The van der Waals surface area contributed by atoms with Crippen molar-refractivity contribution in [3.05, 3.63) is 59.9 Å². The predicted molar refractivity (Wildman–Crippen MR) is 109 cm³/mol. The molecular weight excluding hydrogens is 375 g/mol. The zero-order valence-electron chi connectivity index (χ0n) is 15.8. The van der Waals surface area contributed by atoms with Crippen LogP contribution in [-0.2, 0) is 18.3 Å². The highest BCUT2D eigenvalue weighted by Crippen LogP contribution is 2.31. The summed E-state index contributed by atoms with van der Waals surface area (Å²) in [4.78, 5) is 15.0. The molecule has 0 bridgehead atoms. The number of carbonyl (C=O) groups is 1. The summed E-state index contributed by atoms with van der Waals surface area (Å²) < 4.78 is 15.0. The number of amides is 1. The van der Waals surface area contributed by atoms with Crippen LogP contribution in [0.1, 0.15) is 18.9 Å². The third kappa shape index (κ3) is 3.54. The van der Waals surface area contributed by atoms with Crippen molar-refractivity contribution in [2.24, 2.45) is 7.05 Å². The van der Waals surface area contributed by atoms with Gasteiger partial charge in [0.1, 0.15) is 5.82 Å². The Morgan fingerprint density at radius 2 is 1.89 bits per heavy atom. The molecule has 1 aliphatic heterocycles. The molecule has 0 spiro atoms. The van der Waals surface area contributed by atoms with Crippen LogP contribution in [0.3, 0.4) is 0 Å². The fourth-order valence-electron chi connectivity index (χ4n) is 3.46. The number of anilines is 1. The number of aromatic nitrogens is 3. The number of halogens is 1. The van der Waals surface area contributed by atoms with E-state index in [1.54, 1.807) is 12.1 Å². The number of benzene rings is 2. The van der Waals surface area contributed by atoms with Gasteiger partial charge in [-0.25, -0.2) is 4.39 Å². The van der Waals surface area contributed by atoms with E-state index in [4.69, 9.17) is 0 Å². The molecule has 4 rings (SSSR count). The van der Waals surface area contributed by atoms with E-state index in [0.29, 0.717) is 11.0 Å². The molecule has 0 aliphatic carbocycles. The van der Waals surface area contributed by atoms with E-state index in [-0.39, 0.29) is 17.0 Å². The minimum absolute atomic E-state index is 0.0727. The molecule has 1 aliphatic rings. The Balaban J connectivity index is 1.52. The van der Waals surface area contributed by atoms with Gasteiger partial charge in [0.05, 0.1) is 5.25 Å². The largest absolute Gasteiger partial charge is 0.311 e. The second-order valence-corrected chi connectivity index (χ2v) is 8.16. The van der Waals surface area contributed by atoms with Gasteiger partial charge in [-0.1, -0.05) is 30.0 Å². The molecule has 0 radical (unpaired) electrons. The number of thioether (sulfide) groups is 1. The maximum Gasteiger partial charge on any atom is 0.240 e.